The molecule has 0 saturated carbocycles. The van der Waals surface area contributed by atoms with Crippen LogP contribution in [0.25, 0.3) is 0 Å². The molecule has 0 aliphatic heterocycles. The third-order valence-electron chi connectivity index (χ3n) is 2.39. The molecule has 0 radical (unpaired) electrons. The smallest absolute Gasteiger partial charge is 0.254 e. The number of hydrogen-bond acceptors (Lipinski definition) is 5. The van der Waals surface area contributed by atoms with Crippen molar-refractivity contribution >= 4 is 11.9 Å². The minimum atomic E-state index is -1.82. The highest BCUT2D eigenvalue weighted by Gasteiger charge is 2.20. The van der Waals surface area contributed by atoms with Gasteiger partial charge in [-0.25, -0.2) is 0 Å². The Labute approximate surface area is 115 Å². The maximum Gasteiger partial charge on any atom is 0.254 e. The molecule has 0 spiro atoms. The van der Waals surface area contributed by atoms with Crippen molar-refractivity contribution in [1.29, 1.82) is 0 Å². The van der Waals surface area contributed by atoms with Gasteiger partial charge in [-0.1, -0.05) is 0 Å². The van der Waals surface area contributed by atoms with E-state index < -0.39 is 29.2 Å². The quantitative estimate of drug-likeness (QED) is 0.352. The van der Waals surface area contributed by atoms with Gasteiger partial charge in [0.15, 0.2) is 0 Å². The minimum Gasteiger partial charge on any atom is -0.508 e. The number of rotatable bonds is 3. The number of pyridine rings is 1. The van der Waals surface area contributed by atoms with Gasteiger partial charge >= 0.3 is 0 Å². The van der Waals surface area contributed by atoms with Crippen molar-refractivity contribution in [3.05, 3.63) is 47.3 Å². The normalized spacial score (nSPS) is 11.0. The van der Waals surface area contributed by atoms with Gasteiger partial charge in [-0.2, -0.15) is 27.6 Å². The minimum absolute atomic E-state index is 0.0936. The second-order valence-corrected chi connectivity index (χ2v) is 3.81. The van der Waals surface area contributed by atoms with Crippen molar-refractivity contribution in [2.24, 2.45) is 5.10 Å². The summed E-state index contributed by atoms with van der Waals surface area (Å²) in [4.78, 5) is 2.38. The number of hydrazone groups is 1. The molecule has 9 heteroatoms. The van der Waals surface area contributed by atoms with Crippen LogP contribution in [0.1, 0.15) is 5.56 Å². The number of hydrogen-bond donors (Lipinski definition) is 3. The first-order chi connectivity index (χ1) is 9.90. The summed E-state index contributed by atoms with van der Waals surface area (Å²) >= 11 is 0. The van der Waals surface area contributed by atoms with Crippen LogP contribution in [-0.4, -0.2) is 21.4 Å². The average molecular weight is 301 g/mol. The zero-order chi connectivity index (χ0) is 15.6. The van der Waals surface area contributed by atoms with E-state index >= 15 is 0 Å². The third kappa shape index (κ3) is 3.02. The molecule has 3 N–H and O–H groups in total. The lowest BCUT2D eigenvalue weighted by Crippen LogP contribution is -2.05. The molecular weight excluding hydrogens is 294 g/mol. The number of phenols is 2. The molecule has 2 aromatic rings. The monoisotopic (exact) mass is 301 g/mol. The van der Waals surface area contributed by atoms with E-state index in [1.54, 1.807) is 5.43 Å². The Hall–Kier alpha value is -2.84. The molecule has 0 saturated heterocycles. The Kier molecular flexibility index (Phi) is 3.92. The van der Waals surface area contributed by atoms with Crippen molar-refractivity contribution in [2.75, 3.05) is 5.43 Å². The number of aromatic hydroxyl groups is 2. The van der Waals surface area contributed by atoms with E-state index in [1.807, 2.05) is 0 Å². The Morgan fingerprint density at radius 2 is 1.67 bits per heavy atom. The Morgan fingerprint density at radius 1 is 1.05 bits per heavy atom. The predicted molar refractivity (Wildman–Crippen MR) is 65.1 cm³/mol. The van der Waals surface area contributed by atoms with Crippen LogP contribution in [0.3, 0.4) is 0 Å². The van der Waals surface area contributed by atoms with E-state index in [9.17, 15) is 22.7 Å². The molecule has 1 heterocycles. The maximum absolute atomic E-state index is 13.2. The van der Waals surface area contributed by atoms with Crippen molar-refractivity contribution in [3.8, 4) is 11.5 Å². The number of phenolic OH excluding ortho intramolecular Hbond substituents is 2. The van der Waals surface area contributed by atoms with Gasteiger partial charge in [0.05, 0.1) is 6.21 Å². The van der Waals surface area contributed by atoms with E-state index in [0.717, 1.165) is 12.3 Å². The van der Waals surface area contributed by atoms with E-state index in [0.29, 0.717) is 0 Å². The number of aromatic nitrogens is 1. The van der Waals surface area contributed by atoms with E-state index in [4.69, 9.17) is 5.11 Å². The zero-order valence-electron chi connectivity index (χ0n) is 10.1. The molecule has 110 valence electrons. The van der Waals surface area contributed by atoms with Crippen molar-refractivity contribution in [2.45, 2.75) is 0 Å². The van der Waals surface area contributed by atoms with E-state index in [2.05, 4.69) is 10.1 Å². The summed E-state index contributed by atoms with van der Waals surface area (Å²) < 4.78 is 52.1. The molecule has 1 aromatic carbocycles. The van der Waals surface area contributed by atoms with Crippen LogP contribution in [0.2, 0.25) is 0 Å². The van der Waals surface area contributed by atoms with Crippen molar-refractivity contribution < 1.29 is 27.8 Å². The first-order valence-corrected chi connectivity index (χ1v) is 5.41. The Morgan fingerprint density at radius 3 is 2.24 bits per heavy atom. The zero-order valence-corrected chi connectivity index (χ0v) is 10.1. The Bertz CT molecular complexity index is 696. The number of anilines is 1. The van der Waals surface area contributed by atoms with Gasteiger partial charge in [-0.3, -0.25) is 5.43 Å². The van der Waals surface area contributed by atoms with Gasteiger partial charge in [-0.05, 0) is 12.1 Å². The fraction of sp³-hybridized carbons (Fsp3) is 0. The highest BCUT2D eigenvalue weighted by Crippen LogP contribution is 2.23. The standard InChI is InChI=1S/C12H7F4N3O2/c13-8-10(9(14)12(16)18-11(8)15)19-17-4-5-1-2-6(20)3-7(5)21/h1-4,20-21H,(H,18,19)/b17-4+. The lowest BCUT2D eigenvalue weighted by Gasteiger charge is -2.05. The summed E-state index contributed by atoms with van der Waals surface area (Å²) in [5.74, 6) is -7.67. The van der Waals surface area contributed by atoms with Crippen LogP contribution in [0.5, 0.6) is 11.5 Å². The summed E-state index contributed by atoms with van der Waals surface area (Å²) in [5.41, 5.74) is 0.715. The average Bonchev–Trinajstić information content (AvgIpc) is 2.42. The lowest BCUT2D eigenvalue weighted by molar-refractivity contribution is 0.411. The molecule has 0 aliphatic carbocycles. The SMILES string of the molecule is Oc1ccc(/C=N/Nc2c(F)c(F)nc(F)c2F)c(O)c1. The highest BCUT2D eigenvalue weighted by molar-refractivity contribution is 5.84. The molecule has 21 heavy (non-hydrogen) atoms. The first kappa shape index (κ1) is 14.6. The van der Waals surface area contributed by atoms with Crippen LogP contribution in [0.15, 0.2) is 23.3 Å². The lowest BCUT2D eigenvalue weighted by atomic mass is 10.2. The summed E-state index contributed by atoms with van der Waals surface area (Å²) in [5, 5.41) is 21.8. The van der Waals surface area contributed by atoms with Gasteiger partial charge in [0.1, 0.15) is 17.2 Å². The fourth-order valence-corrected chi connectivity index (χ4v) is 1.39. The number of benzene rings is 1. The fourth-order valence-electron chi connectivity index (χ4n) is 1.39. The van der Waals surface area contributed by atoms with Gasteiger partial charge in [0.25, 0.3) is 11.9 Å². The molecule has 0 atom stereocenters. The topological polar surface area (TPSA) is 77.7 Å². The number of nitrogens with zero attached hydrogens (tertiary/aromatic N) is 2. The highest BCUT2D eigenvalue weighted by atomic mass is 19.2. The first-order valence-electron chi connectivity index (χ1n) is 5.41. The summed E-state index contributed by atoms with van der Waals surface area (Å²) in [6, 6.07) is 3.50. The molecule has 0 unspecified atom stereocenters. The molecule has 0 aliphatic rings. The third-order valence-corrected chi connectivity index (χ3v) is 2.39. The largest absolute Gasteiger partial charge is 0.508 e. The van der Waals surface area contributed by atoms with E-state index in [-0.39, 0.29) is 17.1 Å². The molecule has 5 nitrogen and oxygen atoms in total. The molecule has 0 fully saturated rings. The van der Waals surface area contributed by atoms with Gasteiger partial charge in [-0.15, -0.1) is 0 Å². The number of nitrogens with one attached hydrogen (secondary N) is 1. The summed E-state index contributed by atoms with van der Waals surface area (Å²) in [6.07, 6.45) is 0.934. The molecule has 0 amide bonds. The number of halogens is 4. The molecule has 1 aromatic heterocycles. The van der Waals surface area contributed by atoms with Crippen LogP contribution >= 0.6 is 0 Å². The second-order valence-electron chi connectivity index (χ2n) is 3.81. The van der Waals surface area contributed by atoms with Gasteiger partial charge in [0.2, 0.25) is 11.6 Å². The van der Waals surface area contributed by atoms with E-state index in [1.165, 1.54) is 12.1 Å². The Balaban J connectivity index is 2.26. The van der Waals surface area contributed by atoms with Crippen LogP contribution in [0.4, 0.5) is 23.2 Å². The van der Waals surface area contributed by atoms with Crippen LogP contribution in [-0.2, 0) is 0 Å². The van der Waals surface area contributed by atoms with Crippen molar-refractivity contribution in [1.82, 2.24) is 4.98 Å². The molecular formula is C12H7F4N3O2. The van der Waals surface area contributed by atoms with Crippen LogP contribution < -0.4 is 5.43 Å². The van der Waals surface area contributed by atoms with Gasteiger partial charge < -0.3 is 10.2 Å². The second kappa shape index (κ2) is 5.65. The maximum atomic E-state index is 13.2. The predicted octanol–water partition coefficient (Wildman–Crippen LogP) is 2.50. The van der Waals surface area contributed by atoms with Crippen LogP contribution in [0, 0.1) is 23.5 Å². The van der Waals surface area contributed by atoms with Crippen molar-refractivity contribution in [3.63, 3.8) is 0 Å². The molecule has 2 rings (SSSR count). The summed E-state index contributed by atoms with van der Waals surface area (Å²) in [7, 11) is 0. The summed E-state index contributed by atoms with van der Waals surface area (Å²) in [6.45, 7) is 0. The van der Waals surface area contributed by atoms with Gasteiger partial charge in [0, 0.05) is 11.6 Å². The molecule has 0 bridgehead atoms.